The van der Waals surface area contributed by atoms with Crippen molar-refractivity contribution in [3.05, 3.63) is 98.6 Å². The molecule has 0 saturated carbocycles. The number of aryl methyl sites for hydroxylation is 1. The second-order valence-corrected chi connectivity index (χ2v) is 13.9. The Morgan fingerprint density at radius 3 is 2.43 bits per heavy atom. The summed E-state index contributed by atoms with van der Waals surface area (Å²) in [5.41, 5.74) is 1.75. The number of hydrogen-bond donors (Lipinski definition) is 3. The molecule has 0 radical (unpaired) electrons. The van der Waals surface area contributed by atoms with Crippen LogP contribution in [0.4, 0.5) is 26.4 Å². The van der Waals surface area contributed by atoms with E-state index in [1.54, 1.807) is 42.6 Å². The number of carboxylic acid groups (broad SMARTS) is 1. The zero-order chi connectivity index (χ0) is 34.8. The fourth-order valence-corrected chi connectivity index (χ4v) is 6.68. The van der Waals surface area contributed by atoms with Crippen LogP contribution in [0.3, 0.4) is 0 Å². The molecule has 2 aromatic carbocycles. The minimum Gasteiger partial charge on any atom is -0.465 e. The molecule has 252 valence electrons. The lowest BCUT2D eigenvalue weighted by atomic mass is 9.73. The topological polar surface area (TPSA) is 159 Å². The minimum atomic E-state index is -0.893. The summed E-state index contributed by atoms with van der Waals surface area (Å²) in [6, 6.07) is 13.3. The molecule has 0 bridgehead atoms. The summed E-state index contributed by atoms with van der Waals surface area (Å²) in [4.78, 5) is 45.9. The Kier molecular flexibility index (Phi) is 7.50. The lowest BCUT2D eigenvalue weighted by Gasteiger charge is -2.60. The molecule has 0 unspecified atom stereocenters. The van der Waals surface area contributed by atoms with E-state index in [1.807, 2.05) is 26.8 Å². The van der Waals surface area contributed by atoms with Crippen LogP contribution in [0.5, 0.6) is 0 Å². The van der Waals surface area contributed by atoms with Crippen molar-refractivity contribution < 1.29 is 19.4 Å². The fraction of sp³-hybridized carbons (Fsp3) is 0.314. The molecule has 0 atom stereocenters. The largest absolute Gasteiger partial charge is 0.465 e. The number of benzene rings is 2. The first-order valence-corrected chi connectivity index (χ1v) is 15.8. The van der Waals surface area contributed by atoms with Gasteiger partial charge in [0.1, 0.15) is 17.3 Å². The molecule has 5 aromatic rings. The number of aliphatic hydroxyl groups excluding tert-OH is 1. The Hall–Kier alpha value is -5.63. The van der Waals surface area contributed by atoms with E-state index >= 15 is 4.39 Å². The van der Waals surface area contributed by atoms with Gasteiger partial charge < -0.3 is 25.3 Å². The van der Waals surface area contributed by atoms with E-state index in [1.165, 1.54) is 28.9 Å². The summed E-state index contributed by atoms with van der Waals surface area (Å²) in [7, 11) is 1.51. The Bertz CT molecular complexity index is 2250. The highest BCUT2D eigenvalue weighted by atomic mass is 19.1. The number of hydrogen-bond acceptors (Lipinski definition) is 9. The standard InChI is InChI=1S/C35H35FN8O5/c1-34(2,3)21-10-20-13-38-44(32(47)30(20)25(36)11-21)28-7-5-6-23(24(28)15-45)26-12-27(31(46)41(4)40-26)39-29-9-8-22(14-37-29)42-16-35(17-42)18-43(19-35)33(48)49/h5-14,45H,15-19H2,1-4H3,(H,37,39)(H,48,49). The Balaban J connectivity index is 1.17. The van der Waals surface area contributed by atoms with Gasteiger partial charge in [-0.3, -0.25) is 9.59 Å². The van der Waals surface area contributed by atoms with Gasteiger partial charge in [-0.05, 0) is 47.4 Å². The van der Waals surface area contributed by atoms with Crippen LogP contribution in [-0.4, -0.2) is 71.9 Å². The monoisotopic (exact) mass is 666 g/mol. The van der Waals surface area contributed by atoms with E-state index in [-0.39, 0.29) is 27.6 Å². The zero-order valence-corrected chi connectivity index (χ0v) is 27.4. The number of anilines is 3. The third-order valence-electron chi connectivity index (χ3n) is 9.33. The molecule has 0 aliphatic carbocycles. The van der Waals surface area contributed by atoms with E-state index in [0.717, 1.165) is 29.0 Å². The van der Waals surface area contributed by atoms with Gasteiger partial charge in [0.25, 0.3) is 11.1 Å². The van der Waals surface area contributed by atoms with Gasteiger partial charge >= 0.3 is 6.09 Å². The van der Waals surface area contributed by atoms with Crippen molar-refractivity contribution in [1.29, 1.82) is 0 Å². The summed E-state index contributed by atoms with van der Waals surface area (Å²) >= 11 is 0. The molecule has 7 rings (SSSR count). The summed E-state index contributed by atoms with van der Waals surface area (Å²) in [6.07, 6.45) is 2.24. The normalized spacial score (nSPS) is 15.3. The molecule has 13 nitrogen and oxygen atoms in total. The smallest absolute Gasteiger partial charge is 0.407 e. The van der Waals surface area contributed by atoms with Crippen molar-refractivity contribution >= 4 is 34.1 Å². The summed E-state index contributed by atoms with van der Waals surface area (Å²) in [6.45, 7) is 7.95. The maximum atomic E-state index is 15.4. The highest BCUT2D eigenvalue weighted by Crippen LogP contribution is 2.42. The average Bonchev–Trinajstić information content (AvgIpc) is 3.01. The number of aromatic nitrogens is 5. The maximum Gasteiger partial charge on any atom is 0.407 e. The van der Waals surface area contributed by atoms with E-state index in [0.29, 0.717) is 41.1 Å². The van der Waals surface area contributed by atoms with Crippen molar-refractivity contribution in [2.24, 2.45) is 12.5 Å². The van der Waals surface area contributed by atoms with E-state index in [2.05, 4.69) is 25.4 Å². The number of nitrogens with zero attached hydrogens (tertiary/aromatic N) is 7. The number of pyridine rings is 1. The average molecular weight is 667 g/mol. The first kappa shape index (κ1) is 31.9. The maximum absolute atomic E-state index is 15.4. The SMILES string of the molecule is Cn1nc(-c2cccc(-n3ncc4cc(C(C)(C)C)cc(F)c4c3=O)c2CO)cc(Nc2ccc(N3CC4(CN(C(=O)O)C4)C3)cn2)c1=O. The Morgan fingerprint density at radius 2 is 1.78 bits per heavy atom. The number of nitrogens with one attached hydrogen (secondary N) is 1. The molecule has 1 amide bonds. The second-order valence-electron chi connectivity index (χ2n) is 13.9. The molecule has 5 heterocycles. The van der Waals surface area contributed by atoms with E-state index < -0.39 is 29.6 Å². The van der Waals surface area contributed by atoms with Crippen LogP contribution in [0.15, 0.2) is 70.5 Å². The summed E-state index contributed by atoms with van der Waals surface area (Å²) in [5.74, 6) is -0.227. The first-order chi connectivity index (χ1) is 23.3. The van der Waals surface area contributed by atoms with Crippen LogP contribution in [0.1, 0.15) is 31.9 Å². The Labute approximate surface area is 279 Å². The molecule has 14 heteroatoms. The van der Waals surface area contributed by atoms with Crippen LogP contribution in [0, 0.1) is 11.2 Å². The summed E-state index contributed by atoms with van der Waals surface area (Å²) < 4.78 is 17.6. The third-order valence-corrected chi connectivity index (χ3v) is 9.33. The number of likely N-dealkylation sites (tertiary alicyclic amines) is 1. The van der Waals surface area contributed by atoms with Gasteiger partial charge in [-0.25, -0.2) is 18.9 Å². The predicted octanol–water partition coefficient (Wildman–Crippen LogP) is 4.01. The molecule has 3 N–H and O–H groups in total. The van der Waals surface area contributed by atoms with E-state index in [9.17, 15) is 19.5 Å². The molecular formula is C35H35FN8O5. The van der Waals surface area contributed by atoms with Crippen molar-refractivity contribution in [2.45, 2.75) is 32.8 Å². The van der Waals surface area contributed by atoms with Gasteiger partial charge in [-0.2, -0.15) is 14.9 Å². The number of rotatable bonds is 6. The molecule has 3 aromatic heterocycles. The molecule has 2 aliphatic heterocycles. The van der Waals surface area contributed by atoms with Crippen molar-refractivity contribution in [3.63, 3.8) is 0 Å². The van der Waals surface area contributed by atoms with Crippen LogP contribution >= 0.6 is 0 Å². The second kappa shape index (κ2) is 11.5. The number of fused-ring (bicyclic) bond motifs is 1. The van der Waals surface area contributed by atoms with Gasteiger partial charge in [0.15, 0.2) is 0 Å². The fourth-order valence-electron chi connectivity index (χ4n) is 6.68. The van der Waals surface area contributed by atoms with Gasteiger partial charge in [0.2, 0.25) is 0 Å². The molecule has 1 spiro atoms. The van der Waals surface area contributed by atoms with Crippen molar-refractivity contribution in [2.75, 3.05) is 36.4 Å². The molecule has 2 fully saturated rings. The Morgan fingerprint density at radius 1 is 1.02 bits per heavy atom. The number of halogens is 1. The molecule has 2 saturated heterocycles. The lowest BCUT2D eigenvalue weighted by Crippen LogP contribution is -2.73. The highest BCUT2D eigenvalue weighted by molar-refractivity contribution is 5.83. The quantitative estimate of drug-likeness (QED) is 0.242. The van der Waals surface area contributed by atoms with Crippen LogP contribution in [0.2, 0.25) is 0 Å². The first-order valence-electron chi connectivity index (χ1n) is 15.8. The number of amides is 1. The summed E-state index contributed by atoms with van der Waals surface area (Å²) in [5, 5.41) is 31.8. The van der Waals surface area contributed by atoms with Gasteiger partial charge in [-0.15, -0.1) is 0 Å². The molecular weight excluding hydrogens is 631 g/mol. The highest BCUT2D eigenvalue weighted by Gasteiger charge is 2.53. The molecule has 49 heavy (non-hydrogen) atoms. The lowest BCUT2D eigenvalue weighted by molar-refractivity contribution is -0.00943. The number of aliphatic hydroxyl groups is 1. The van der Waals surface area contributed by atoms with Crippen LogP contribution in [0.25, 0.3) is 27.7 Å². The predicted molar refractivity (Wildman–Crippen MR) is 182 cm³/mol. The van der Waals surface area contributed by atoms with Crippen molar-refractivity contribution in [3.8, 4) is 16.9 Å². The van der Waals surface area contributed by atoms with Gasteiger partial charge in [0.05, 0.1) is 41.5 Å². The third kappa shape index (κ3) is 5.57. The van der Waals surface area contributed by atoms with Crippen LogP contribution < -0.4 is 21.3 Å². The molecule has 2 aliphatic rings. The zero-order valence-electron chi connectivity index (χ0n) is 27.4. The van der Waals surface area contributed by atoms with Gasteiger partial charge in [0, 0.05) is 55.2 Å². The van der Waals surface area contributed by atoms with Crippen LogP contribution in [-0.2, 0) is 19.1 Å². The van der Waals surface area contributed by atoms with Crippen molar-refractivity contribution in [1.82, 2.24) is 29.4 Å². The van der Waals surface area contributed by atoms with Gasteiger partial charge in [-0.1, -0.05) is 32.9 Å². The number of carbonyl (C=O) groups is 1. The minimum absolute atomic E-state index is 0.00412. The van der Waals surface area contributed by atoms with E-state index in [4.69, 9.17) is 5.11 Å².